The van der Waals surface area contributed by atoms with E-state index >= 15 is 0 Å². The minimum Gasteiger partial charge on any atom is -0.481 e. The highest BCUT2D eigenvalue weighted by Gasteiger charge is 2.31. The van der Waals surface area contributed by atoms with Gasteiger partial charge in [-0.05, 0) is 37.5 Å². The summed E-state index contributed by atoms with van der Waals surface area (Å²) in [7, 11) is 0. The molecule has 0 spiro atoms. The van der Waals surface area contributed by atoms with Crippen LogP contribution < -0.4 is 0 Å². The fraction of sp³-hybridized carbons (Fsp3) is 0.412. The molecule has 1 N–H and O–H groups in total. The number of carboxylic acids is 1. The summed E-state index contributed by atoms with van der Waals surface area (Å²) in [6, 6.07) is 6.08. The minimum absolute atomic E-state index is 0.0716. The molecule has 0 aliphatic carbocycles. The van der Waals surface area contributed by atoms with Crippen LogP contribution in [0.3, 0.4) is 0 Å². The molecule has 0 saturated carbocycles. The zero-order valence-electron chi connectivity index (χ0n) is 12.5. The first-order valence-electron chi connectivity index (χ1n) is 7.41. The number of carboxylic acid groups (broad SMARTS) is 1. The standard InChI is InChI=1S/C17H20FNO3/c1-12-5-8-14(17(21)22)11-19(12)16(20)4-2-3-13-6-9-15(18)10-7-13/h2-3,6-7,9-10,12,14H,4-5,8,11H2,1H3,(H,21,22)/b3-2+. The SMILES string of the molecule is CC1CCC(C(=O)O)CN1C(=O)C/C=C/c1ccc(F)cc1. The molecule has 1 heterocycles. The molecule has 1 aromatic carbocycles. The van der Waals surface area contributed by atoms with Gasteiger partial charge < -0.3 is 10.0 Å². The van der Waals surface area contributed by atoms with E-state index in [1.165, 1.54) is 12.1 Å². The zero-order chi connectivity index (χ0) is 16.1. The number of rotatable bonds is 4. The Morgan fingerprint density at radius 2 is 2.00 bits per heavy atom. The number of benzene rings is 1. The molecule has 1 saturated heterocycles. The van der Waals surface area contributed by atoms with Gasteiger partial charge >= 0.3 is 5.97 Å². The van der Waals surface area contributed by atoms with Crippen molar-refractivity contribution in [2.45, 2.75) is 32.2 Å². The van der Waals surface area contributed by atoms with E-state index in [0.29, 0.717) is 12.8 Å². The van der Waals surface area contributed by atoms with Gasteiger partial charge in [-0.25, -0.2) is 4.39 Å². The summed E-state index contributed by atoms with van der Waals surface area (Å²) in [5, 5.41) is 9.09. The van der Waals surface area contributed by atoms with Crippen molar-refractivity contribution in [1.82, 2.24) is 4.90 Å². The molecule has 1 fully saturated rings. The Balaban J connectivity index is 1.93. The van der Waals surface area contributed by atoms with Crippen molar-refractivity contribution in [3.63, 3.8) is 0 Å². The third-order valence-electron chi connectivity index (χ3n) is 4.02. The van der Waals surface area contributed by atoms with E-state index < -0.39 is 11.9 Å². The Morgan fingerprint density at radius 3 is 2.64 bits per heavy atom. The Morgan fingerprint density at radius 1 is 1.32 bits per heavy atom. The van der Waals surface area contributed by atoms with Crippen LogP contribution in [-0.2, 0) is 9.59 Å². The Bertz CT molecular complexity index is 568. The molecule has 0 radical (unpaired) electrons. The van der Waals surface area contributed by atoms with Crippen LogP contribution in [0.5, 0.6) is 0 Å². The molecule has 2 unspecified atom stereocenters. The molecule has 5 heteroatoms. The van der Waals surface area contributed by atoms with Crippen molar-refractivity contribution in [2.24, 2.45) is 5.92 Å². The first kappa shape index (κ1) is 16.2. The van der Waals surface area contributed by atoms with Crippen LogP contribution in [-0.4, -0.2) is 34.5 Å². The van der Waals surface area contributed by atoms with Crippen LogP contribution in [0.1, 0.15) is 31.7 Å². The van der Waals surface area contributed by atoms with Crippen molar-refractivity contribution in [3.05, 3.63) is 41.7 Å². The first-order chi connectivity index (χ1) is 10.5. The second-order valence-electron chi connectivity index (χ2n) is 5.67. The average molecular weight is 305 g/mol. The molecule has 2 atom stereocenters. The quantitative estimate of drug-likeness (QED) is 0.930. The number of hydrogen-bond donors (Lipinski definition) is 1. The van der Waals surface area contributed by atoms with E-state index in [9.17, 15) is 14.0 Å². The van der Waals surface area contributed by atoms with Crippen molar-refractivity contribution in [1.29, 1.82) is 0 Å². The van der Waals surface area contributed by atoms with Crippen LogP contribution in [0.4, 0.5) is 4.39 Å². The van der Waals surface area contributed by atoms with Gasteiger partial charge in [0.2, 0.25) is 5.91 Å². The maximum absolute atomic E-state index is 12.8. The molecule has 0 bridgehead atoms. The van der Waals surface area contributed by atoms with Crippen molar-refractivity contribution in [2.75, 3.05) is 6.54 Å². The second kappa shape index (κ2) is 7.20. The fourth-order valence-corrected chi connectivity index (χ4v) is 2.64. The number of halogens is 1. The molecule has 1 amide bonds. The molecule has 0 aromatic heterocycles. The van der Waals surface area contributed by atoms with Crippen LogP contribution in [0.25, 0.3) is 6.08 Å². The van der Waals surface area contributed by atoms with Gasteiger partial charge in [0.1, 0.15) is 5.82 Å². The summed E-state index contributed by atoms with van der Waals surface area (Å²) in [6.45, 7) is 2.22. The van der Waals surface area contributed by atoms with Gasteiger partial charge in [-0.15, -0.1) is 0 Å². The van der Waals surface area contributed by atoms with Gasteiger partial charge in [-0.3, -0.25) is 9.59 Å². The lowest BCUT2D eigenvalue weighted by atomic mass is 9.93. The molecule has 1 aliphatic rings. The molecule has 2 rings (SSSR count). The normalized spacial score (nSPS) is 22.0. The average Bonchev–Trinajstić information content (AvgIpc) is 2.49. The van der Waals surface area contributed by atoms with Gasteiger partial charge in [-0.2, -0.15) is 0 Å². The second-order valence-corrected chi connectivity index (χ2v) is 5.67. The third-order valence-corrected chi connectivity index (χ3v) is 4.02. The number of carbonyl (C=O) groups is 2. The molecule has 1 aromatic rings. The van der Waals surface area contributed by atoms with Gasteiger partial charge in [0.05, 0.1) is 5.92 Å². The first-order valence-corrected chi connectivity index (χ1v) is 7.41. The van der Waals surface area contributed by atoms with Crippen LogP contribution >= 0.6 is 0 Å². The van der Waals surface area contributed by atoms with Crippen LogP contribution in [0, 0.1) is 11.7 Å². The summed E-state index contributed by atoms with van der Waals surface area (Å²) in [5.74, 6) is -1.68. The summed E-state index contributed by atoms with van der Waals surface area (Å²) in [6.07, 6.45) is 5.04. The Kier molecular flexibility index (Phi) is 5.31. The highest BCUT2D eigenvalue weighted by Crippen LogP contribution is 2.23. The van der Waals surface area contributed by atoms with Crippen LogP contribution in [0.2, 0.25) is 0 Å². The van der Waals surface area contributed by atoms with E-state index in [4.69, 9.17) is 5.11 Å². The number of nitrogens with zero attached hydrogens (tertiary/aromatic N) is 1. The Labute approximate surface area is 129 Å². The predicted molar refractivity (Wildman–Crippen MR) is 81.6 cm³/mol. The van der Waals surface area contributed by atoms with Crippen LogP contribution in [0.15, 0.2) is 30.3 Å². The predicted octanol–water partition coefficient (Wildman–Crippen LogP) is 2.94. The van der Waals surface area contributed by atoms with E-state index in [1.807, 2.05) is 6.92 Å². The smallest absolute Gasteiger partial charge is 0.308 e. The van der Waals surface area contributed by atoms with Gasteiger partial charge in [0, 0.05) is 19.0 Å². The lowest BCUT2D eigenvalue weighted by Crippen LogP contribution is -2.47. The number of likely N-dealkylation sites (tertiary alicyclic amines) is 1. The van der Waals surface area contributed by atoms with Gasteiger partial charge in [0.15, 0.2) is 0 Å². The van der Waals surface area contributed by atoms with E-state index in [2.05, 4.69) is 0 Å². The van der Waals surface area contributed by atoms with Gasteiger partial charge in [0.25, 0.3) is 0 Å². The molecule has 118 valence electrons. The summed E-state index contributed by atoms with van der Waals surface area (Å²) in [5.41, 5.74) is 0.823. The highest BCUT2D eigenvalue weighted by atomic mass is 19.1. The number of hydrogen-bond acceptors (Lipinski definition) is 2. The molecular formula is C17H20FNO3. The Hall–Kier alpha value is -2.17. The number of carbonyl (C=O) groups excluding carboxylic acids is 1. The van der Waals surface area contributed by atoms with Crippen molar-refractivity contribution < 1.29 is 19.1 Å². The number of piperidine rings is 1. The van der Waals surface area contributed by atoms with Crippen molar-refractivity contribution in [3.8, 4) is 0 Å². The van der Waals surface area contributed by atoms with E-state index in [-0.39, 0.29) is 30.7 Å². The van der Waals surface area contributed by atoms with Crippen molar-refractivity contribution >= 4 is 18.0 Å². The molecule has 4 nitrogen and oxygen atoms in total. The summed E-state index contributed by atoms with van der Waals surface area (Å²) in [4.78, 5) is 25.0. The zero-order valence-corrected chi connectivity index (χ0v) is 12.5. The largest absolute Gasteiger partial charge is 0.481 e. The lowest BCUT2D eigenvalue weighted by molar-refractivity contribution is -0.146. The monoisotopic (exact) mass is 305 g/mol. The lowest BCUT2D eigenvalue weighted by Gasteiger charge is -2.36. The summed E-state index contributed by atoms with van der Waals surface area (Å²) < 4.78 is 12.8. The number of aliphatic carboxylic acids is 1. The third kappa shape index (κ3) is 4.16. The topological polar surface area (TPSA) is 57.6 Å². The molecule has 22 heavy (non-hydrogen) atoms. The maximum Gasteiger partial charge on any atom is 0.308 e. The van der Waals surface area contributed by atoms with Gasteiger partial charge in [-0.1, -0.05) is 24.3 Å². The molecular weight excluding hydrogens is 285 g/mol. The fourth-order valence-electron chi connectivity index (χ4n) is 2.64. The summed E-state index contributed by atoms with van der Waals surface area (Å²) >= 11 is 0. The maximum atomic E-state index is 12.8. The number of amides is 1. The van der Waals surface area contributed by atoms with E-state index in [0.717, 1.165) is 5.56 Å². The van der Waals surface area contributed by atoms with E-state index in [1.54, 1.807) is 29.2 Å². The minimum atomic E-state index is -0.841. The molecule has 1 aliphatic heterocycles. The highest BCUT2D eigenvalue weighted by molar-refractivity contribution is 5.80.